The van der Waals surface area contributed by atoms with Gasteiger partial charge in [0.25, 0.3) is 5.56 Å². The summed E-state index contributed by atoms with van der Waals surface area (Å²) in [4.78, 5) is 37.9. The third kappa shape index (κ3) is 3.09. The van der Waals surface area contributed by atoms with Crippen molar-refractivity contribution in [3.63, 3.8) is 0 Å². The van der Waals surface area contributed by atoms with Crippen LogP contribution < -0.4 is 16.2 Å². The lowest BCUT2D eigenvalue weighted by molar-refractivity contribution is 0.0690. The summed E-state index contributed by atoms with van der Waals surface area (Å²) in [5.74, 6) is -0.692. The van der Waals surface area contributed by atoms with E-state index < -0.39 is 11.5 Å². The molecule has 2 heterocycles. The van der Waals surface area contributed by atoms with E-state index in [1.807, 2.05) is 0 Å². The highest BCUT2D eigenvalue weighted by molar-refractivity contribution is 6.01. The number of aromatic nitrogens is 5. The van der Waals surface area contributed by atoms with Crippen molar-refractivity contribution in [3.8, 4) is 0 Å². The van der Waals surface area contributed by atoms with E-state index in [2.05, 4.69) is 20.1 Å². The van der Waals surface area contributed by atoms with Crippen molar-refractivity contribution in [1.29, 1.82) is 0 Å². The molecule has 1 aromatic carbocycles. The Balaban J connectivity index is 2.16. The van der Waals surface area contributed by atoms with Crippen molar-refractivity contribution in [3.05, 3.63) is 46.1 Å². The van der Waals surface area contributed by atoms with Gasteiger partial charge in [-0.25, -0.2) is 9.48 Å². The van der Waals surface area contributed by atoms with Crippen LogP contribution in [0.1, 0.15) is 16.3 Å². The standard InChI is InChI=1S/C15H15N7O3/c1-21(2)15-18-10(17-14(16)19-15)7-22-12(23)9-6-4-3-5-8(9)11(20-22)13(24)25/h3-6H,7H2,1-2H3,(H,24,25)(H2,16,17,18,19). The molecule has 2 aromatic heterocycles. The number of benzene rings is 1. The van der Waals surface area contributed by atoms with Crippen LogP contribution in [0.5, 0.6) is 0 Å². The minimum atomic E-state index is -1.23. The summed E-state index contributed by atoms with van der Waals surface area (Å²) in [7, 11) is 3.48. The molecule has 0 saturated carbocycles. The van der Waals surface area contributed by atoms with Gasteiger partial charge < -0.3 is 15.7 Å². The molecule has 0 aliphatic carbocycles. The largest absolute Gasteiger partial charge is 0.476 e. The number of aromatic carboxylic acids is 1. The molecular weight excluding hydrogens is 326 g/mol. The minimum Gasteiger partial charge on any atom is -0.476 e. The lowest BCUT2D eigenvalue weighted by Crippen LogP contribution is -2.28. The maximum atomic E-state index is 12.6. The second kappa shape index (κ2) is 6.15. The summed E-state index contributed by atoms with van der Waals surface area (Å²) in [6.45, 7) is -0.127. The number of nitrogen functional groups attached to an aromatic ring is 1. The second-order valence-electron chi connectivity index (χ2n) is 5.47. The van der Waals surface area contributed by atoms with Crippen molar-refractivity contribution < 1.29 is 9.90 Å². The van der Waals surface area contributed by atoms with E-state index in [0.717, 1.165) is 4.68 Å². The summed E-state index contributed by atoms with van der Waals surface area (Å²) in [5, 5.41) is 13.9. The van der Waals surface area contributed by atoms with Crippen LogP contribution in [0.15, 0.2) is 29.1 Å². The number of nitrogens with zero attached hydrogens (tertiary/aromatic N) is 6. The van der Waals surface area contributed by atoms with Gasteiger partial charge >= 0.3 is 5.97 Å². The average molecular weight is 341 g/mol. The van der Waals surface area contributed by atoms with E-state index in [-0.39, 0.29) is 34.8 Å². The number of carboxylic acid groups (broad SMARTS) is 1. The first kappa shape index (κ1) is 16.3. The van der Waals surface area contributed by atoms with Crippen LogP contribution in [-0.2, 0) is 6.54 Å². The minimum absolute atomic E-state index is 0.000922. The zero-order valence-electron chi connectivity index (χ0n) is 13.5. The maximum absolute atomic E-state index is 12.6. The number of rotatable bonds is 4. The van der Waals surface area contributed by atoms with E-state index in [0.29, 0.717) is 5.95 Å². The third-order valence-electron chi connectivity index (χ3n) is 3.45. The van der Waals surface area contributed by atoms with Gasteiger partial charge in [-0.15, -0.1) is 0 Å². The first-order valence-corrected chi connectivity index (χ1v) is 7.27. The number of carboxylic acids is 1. The highest BCUT2D eigenvalue weighted by atomic mass is 16.4. The normalized spacial score (nSPS) is 10.8. The van der Waals surface area contributed by atoms with Crippen LogP contribution in [0.3, 0.4) is 0 Å². The lowest BCUT2D eigenvalue weighted by atomic mass is 10.1. The zero-order chi connectivity index (χ0) is 18.1. The Hall–Kier alpha value is -3.56. The van der Waals surface area contributed by atoms with Gasteiger partial charge in [0.15, 0.2) is 11.5 Å². The fourth-order valence-corrected chi connectivity index (χ4v) is 2.33. The number of carbonyl (C=O) groups is 1. The van der Waals surface area contributed by atoms with Crippen molar-refractivity contribution in [1.82, 2.24) is 24.7 Å². The molecule has 3 rings (SSSR count). The first-order chi connectivity index (χ1) is 11.9. The van der Waals surface area contributed by atoms with Crippen LogP contribution in [0, 0.1) is 0 Å². The number of hydrogen-bond donors (Lipinski definition) is 2. The molecule has 25 heavy (non-hydrogen) atoms. The van der Waals surface area contributed by atoms with Gasteiger partial charge in [0, 0.05) is 19.5 Å². The topological polar surface area (TPSA) is 140 Å². The van der Waals surface area contributed by atoms with Crippen molar-refractivity contribution in [2.45, 2.75) is 6.54 Å². The highest BCUT2D eigenvalue weighted by Gasteiger charge is 2.17. The fraction of sp³-hybridized carbons (Fsp3) is 0.200. The Morgan fingerprint density at radius 2 is 1.88 bits per heavy atom. The van der Waals surface area contributed by atoms with Gasteiger partial charge in [-0.3, -0.25) is 4.79 Å². The second-order valence-corrected chi connectivity index (χ2v) is 5.47. The van der Waals surface area contributed by atoms with Gasteiger partial charge in [-0.2, -0.15) is 20.1 Å². The van der Waals surface area contributed by atoms with Gasteiger partial charge in [-0.1, -0.05) is 18.2 Å². The number of fused-ring (bicyclic) bond motifs is 1. The molecule has 0 aliphatic rings. The molecule has 128 valence electrons. The van der Waals surface area contributed by atoms with Crippen molar-refractivity contribution in [2.24, 2.45) is 0 Å². The van der Waals surface area contributed by atoms with Crippen LogP contribution in [0.2, 0.25) is 0 Å². The summed E-state index contributed by atoms with van der Waals surface area (Å²) in [5.41, 5.74) is 5.01. The van der Waals surface area contributed by atoms with Crippen LogP contribution in [0.4, 0.5) is 11.9 Å². The van der Waals surface area contributed by atoms with E-state index in [4.69, 9.17) is 5.73 Å². The predicted molar refractivity (Wildman–Crippen MR) is 90.6 cm³/mol. The lowest BCUT2D eigenvalue weighted by Gasteiger charge is -2.12. The third-order valence-corrected chi connectivity index (χ3v) is 3.45. The molecule has 0 saturated heterocycles. The molecular formula is C15H15N7O3. The van der Waals surface area contributed by atoms with E-state index >= 15 is 0 Å². The van der Waals surface area contributed by atoms with E-state index in [9.17, 15) is 14.7 Å². The molecule has 0 bridgehead atoms. The molecule has 0 aliphatic heterocycles. The highest BCUT2D eigenvalue weighted by Crippen LogP contribution is 2.14. The molecule has 0 amide bonds. The van der Waals surface area contributed by atoms with Gasteiger partial charge in [-0.05, 0) is 6.07 Å². The molecule has 10 nitrogen and oxygen atoms in total. The number of anilines is 2. The zero-order valence-corrected chi connectivity index (χ0v) is 13.5. The first-order valence-electron chi connectivity index (χ1n) is 7.27. The Kier molecular flexibility index (Phi) is 4.01. The average Bonchev–Trinajstić information content (AvgIpc) is 2.56. The predicted octanol–water partition coefficient (Wildman–Crippen LogP) is -0.0238. The molecule has 3 N–H and O–H groups in total. The summed E-state index contributed by atoms with van der Waals surface area (Å²) < 4.78 is 1.01. The molecule has 0 atom stereocenters. The summed E-state index contributed by atoms with van der Waals surface area (Å²) >= 11 is 0. The van der Waals surface area contributed by atoms with Gasteiger partial charge in [0.1, 0.15) is 6.54 Å². The molecule has 0 unspecified atom stereocenters. The van der Waals surface area contributed by atoms with Gasteiger partial charge in [0.05, 0.1) is 5.39 Å². The molecule has 0 fully saturated rings. The van der Waals surface area contributed by atoms with Gasteiger partial charge in [0.2, 0.25) is 11.9 Å². The monoisotopic (exact) mass is 341 g/mol. The smallest absolute Gasteiger partial charge is 0.357 e. The summed E-state index contributed by atoms with van der Waals surface area (Å²) in [6, 6.07) is 6.40. The Morgan fingerprint density at radius 1 is 1.20 bits per heavy atom. The molecule has 10 heteroatoms. The van der Waals surface area contributed by atoms with E-state index in [1.165, 1.54) is 0 Å². The molecule has 0 spiro atoms. The van der Waals surface area contributed by atoms with Crippen LogP contribution in [-0.4, -0.2) is 49.9 Å². The Morgan fingerprint density at radius 3 is 2.52 bits per heavy atom. The van der Waals surface area contributed by atoms with Crippen molar-refractivity contribution in [2.75, 3.05) is 24.7 Å². The van der Waals surface area contributed by atoms with Crippen molar-refractivity contribution >= 4 is 28.6 Å². The quantitative estimate of drug-likeness (QED) is 0.669. The maximum Gasteiger partial charge on any atom is 0.357 e. The fourth-order valence-electron chi connectivity index (χ4n) is 2.33. The molecule has 3 aromatic rings. The van der Waals surface area contributed by atoms with E-state index in [1.54, 1.807) is 43.3 Å². The molecule has 0 radical (unpaired) electrons. The van der Waals surface area contributed by atoms with Crippen LogP contribution in [0.25, 0.3) is 10.8 Å². The SMILES string of the molecule is CN(C)c1nc(N)nc(Cn2nc(C(=O)O)c3ccccc3c2=O)n1. The number of nitrogens with two attached hydrogens (primary N) is 1. The number of hydrogen-bond acceptors (Lipinski definition) is 8. The Labute approximate surface area is 141 Å². The summed E-state index contributed by atoms with van der Waals surface area (Å²) in [6.07, 6.45) is 0. The van der Waals surface area contributed by atoms with Crippen LogP contribution >= 0.6 is 0 Å². The Bertz CT molecular complexity index is 1030.